The monoisotopic (exact) mass is 235 g/mol. The third-order valence-corrected chi connectivity index (χ3v) is 2.65. The average molecular weight is 235 g/mol. The van der Waals surface area contributed by atoms with Crippen molar-refractivity contribution in [3.63, 3.8) is 0 Å². The van der Waals surface area contributed by atoms with Crippen LogP contribution in [0.5, 0.6) is 0 Å². The third-order valence-electron chi connectivity index (χ3n) is 2.65. The zero-order valence-electron chi connectivity index (χ0n) is 10.4. The molecule has 4 nitrogen and oxygen atoms in total. The number of hydrogen-bond acceptors (Lipinski definition) is 3. The van der Waals surface area contributed by atoms with Crippen LogP contribution in [0, 0.1) is 5.41 Å². The van der Waals surface area contributed by atoms with Crippen LogP contribution in [0.4, 0.5) is 0 Å². The minimum atomic E-state index is -0.372. The number of amidine groups is 1. The van der Waals surface area contributed by atoms with Gasteiger partial charge in [0.15, 0.2) is 0 Å². The Bertz CT molecular complexity index is 351. The predicted octanol–water partition coefficient (Wildman–Crippen LogP) is 1.02. The molecule has 0 aliphatic carbocycles. The van der Waals surface area contributed by atoms with Crippen molar-refractivity contribution in [3.8, 4) is 0 Å². The highest BCUT2D eigenvalue weighted by atomic mass is 16.3. The molecule has 0 heterocycles. The topological polar surface area (TPSA) is 73.3 Å². The number of aliphatic hydroxyl groups is 1. The van der Waals surface area contributed by atoms with Gasteiger partial charge in [0, 0.05) is 13.1 Å². The Morgan fingerprint density at radius 2 is 1.94 bits per heavy atom. The van der Waals surface area contributed by atoms with E-state index in [0.29, 0.717) is 13.1 Å². The van der Waals surface area contributed by atoms with Crippen LogP contribution in [-0.2, 0) is 0 Å². The first-order valence-corrected chi connectivity index (χ1v) is 5.76. The summed E-state index contributed by atoms with van der Waals surface area (Å²) in [5.41, 5.74) is 6.68. The van der Waals surface area contributed by atoms with Crippen molar-refractivity contribution in [2.45, 2.75) is 18.9 Å². The van der Waals surface area contributed by atoms with Crippen LogP contribution < -0.4 is 5.73 Å². The Labute approximate surface area is 103 Å². The predicted molar refractivity (Wildman–Crippen MR) is 70.3 cm³/mol. The summed E-state index contributed by atoms with van der Waals surface area (Å²) in [7, 11) is 1.92. The summed E-state index contributed by atoms with van der Waals surface area (Å²) in [5, 5.41) is 17.0. The molecule has 0 saturated heterocycles. The highest BCUT2D eigenvalue weighted by Gasteiger charge is 2.17. The molecule has 0 aliphatic heterocycles. The average Bonchev–Trinajstić information content (AvgIpc) is 2.25. The van der Waals surface area contributed by atoms with E-state index in [-0.39, 0.29) is 17.9 Å². The maximum atomic E-state index is 9.32. The van der Waals surface area contributed by atoms with Gasteiger partial charge in [0.05, 0.1) is 17.9 Å². The molecular formula is C13H21N3O. The van der Waals surface area contributed by atoms with Crippen molar-refractivity contribution in [3.05, 3.63) is 35.9 Å². The van der Waals surface area contributed by atoms with Gasteiger partial charge in [-0.15, -0.1) is 0 Å². The lowest BCUT2D eigenvalue weighted by Gasteiger charge is -2.24. The highest BCUT2D eigenvalue weighted by molar-refractivity contribution is 5.84. The fourth-order valence-electron chi connectivity index (χ4n) is 1.91. The largest absolute Gasteiger partial charge is 0.392 e. The first-order valence-electron chi connectivity index (χ1n) is 5.76. The van der Waals surface area contributed by atoms with Crippen molar-refractivity contribution >= 4 is 5.84 Å². The van der Waals surface area contributed by atoms with E-state index in [4.69, 9.17) is 11.1 Å². The maximum Gasteiger partial charge on any atom is 0.0995 e. The van der Waals surface area contributed by atoms with E-state index in [0.717, 1.165) is 5.56 Å². The number of hydrogen-bond donors (Lipinski definition) is 3. The first-order chi connectivity index (χ1) is 8.00. The number of nitrogens with one attached hydrogen (secondary N) is 1. The fraction of sp³-hybridized carbons (Fsp3) is 0.462. The summed E-state index contributed by atoms with van der Waals surface area (Å²) in [6.45, 7) is 2.97. The lowest BCUT2D eigenvalue weighted by molar-refractivity contribution is 0.141. The molecule has 0 aromatic heterocycles. The highest BCUT2D eigenvalue weighted by Crippen LogP contribution is 2.16. The van der Waals surface area contributed by atoms with E-state index < -0.39 is 0 Å². The van der Waals surface area contributed by atoms with Gasteiger partial charge in [-0.3, -0.25) is 5.41 Å². The van der Waals surface area contributed by atoms with Gasteiger partial charge in [0.1, 0.15) is 0 Å². The lowest BCUT2D eigenvalue weighted by atomic mass is 9.97. The molecule has 17 heavy (non-hydrogen) atoms. The molecule has 0 amide bonds. The van der Waals surface area contributed by atoms with E-state index in [2.05, 4.69) is 0 Å². The van der Waals surface area contributed by atoms with Crippen LogP contribution >= 0.6 is 0 Å². The van der Waals surface area contributed by atoms with Crippen LogP contribution in [0.2, 0.25) is 0 Å². The molecule has 1 aromatic rings. The minimum Gasteiger partial charge on any atom is -0.392 e. The van der Waals surface area contributed by atoms with Crippen molar-refractivity contribution in [1.29, 1.82) is 5.41 Å². The van der Waals surface area contributed by atoms with Crippen LogP contribution in [0.3, 0.4) is 0 Å². The Morgan fingerprint density at radius 1 is 1.35 bits per heavy atom. The Balaban J connectivity index is 2.71. The second-order valence-electron chi connectivity index (χ2n) is 4.49. The summed E-state index contributed by atoms with van der Waals surface area (Å²) in [6.07, 6.45) is -0.372. The standard InChI is InChI=1S/C13H21N3O/c1-10(17)8-16(2)9-12(13(14)15)11-6-4-3-5-7-11/h3-7,10,12,17H,8-9H2,1-2H3,(H3,14,15). The summed E-state index contributed by atoms with van der Waals surface area (Å²) >= 11 is 0. The SMILES string of the molecule is CC(O)CN(C)CC(C(=N)N)c1ccccc1. The number of nitrogens with two attached hydrogens (primary N) is 1. The molecule has 2 unspecified atom stereocenters. The molecule has 4 heteroatoms. The quantitative estimate of drug-likeness (QED) is 0.509. The van der Waals surface area contributed by atoms with Gasteiger partial charge in [0.25, 0.3) is 0 Å². The number of benzene rings is 1. The number of aliphatic hydroxyl groups excluding tert-OH is 1. The van der Waals surface area contributed by atoms with Crippen molar-refractivity contribution in [1.82, 2.24) is 4.90 Å². The second kappa shape index (κ2) is 6.37. The normalized spacial score (nSPS) is 14.6. The molecule has 0 fully saturated rings. The molecule has 94 valence electrons. The number of nitrogens with zero attached hydrogens (tertiary/aromatic N) is 1. The zero-order valence-corrected chi connectivity index (χ0v) is 10.4. The second-order valence-corrected chi connectivity index (χ2v) is 4.49. The van der Waals surface area contributed by atoms with E-state index >= 15 is 0 Å². The van der Waals surface area contributed by atoms with Gasteiger partial charge >= 0.3 is 0 Å². The van der Waals surface area contributed by atoms with Crippen molar-refractivity contribution < 1.29 is 5.11 Å². The fourth-order valence-corrected chi connectivity index (χ4v) is 1.91. The molecule has 0 aliphatic rings. The molecule has 0 radical (unpaired) electrons. The summed E-state index contributed by atoms with van der Waals surface area (Å²) < 4.78 is 0. The summed E-state index contributed by atoms with van der Waals surface area (Å²) in [6, 6.07) is 9.78. The van der Waals surface area contributed by atoms with E-state index in [1.165, 1.54) is 0 Å². The van der Waals surface area contributed by atoms with Gasteiger partial charge < -0.3 is 15.7 Å². The molecule has 0 spiro atoms. The van der Waals surface area contributed by atoms with Crippen LogP contribution in [-0.4, -0.2) is 42.1 Å². The van der Waals surface area contributed by atoms with Gasteiger partial charge in [-0.05, 0) is 19.5 Å². The molecule has 1 aromatic carbocycles. The molecule has 0 bridgehead atoms. The lowest BCUT2D eigenvalue weighted by Crippen LogP contribution is -2.35. The Morgan fingerprint density at radius 3 is 2.41 bits per heavy atom. The van der Waals surface area contributed by atoms with E-state index in [9.17, 15) is 5.11 Å². The molecule has 1 rings (SSSR count). The maximum absolute atomic E-state index is 9.32. The van der Waals surface area contributed by atoms with Crippen molar-refractivity contribution in [2.24, 2.45) is 5.73 Å². The first kappa shape index (κ1) is 13.7. The van der Waals surface area contributed by atoms with Crippen LogP contribution in [0.1, 0.15) is 18.4 Å². The molecule has 4 N–H and O–H groups in total. The molecular weight excluding hydrogens is 214 g/mol. The zero-order chi connectivity index (χ0) is 12.8. The Kier molecular flexibility index (Phi) is 5.12. The molecule has 0 saturated carbocycles. The van der Waals surface area contributed by atoms with Crippen molar-refractivity contribution in [2.75, 3.05) is 20.1 Å². The van der Waals surface area contributed by atoms with E-state index in [1.807, 2.05) is 42.3 Å². The minimum absolute atomic E-state index is 0.111. The summed E-state index contributed by atoms with van der Waals surface area (Å²) in [4.78, 5) is 1.99. The Hall–Kier alpha value is -1.39. The van der Waals surface area contributed by atoms with Gasteiger partial charge in [-0.1, -0.05) is 30.3 Å². The number of rotatable bonds is 6. The summed E-state index contributed by atoms with van der Waals surface area (Å²) in [5.74, 6) is 0.0496. The van der Waals surface area contributed by atoms with Gasteiger partial charge in [-0.2, -0.15) is 0 Å². The van der Waals surface area contributed by atoms with Crippen LogP contribution in [0.25, 0.3) is 0 Å². The van der Waals surface area contributed by atoms with Gasteiger partial charge in [0.2, 0.25) is 0 Å². The van der Waals surface area contributed by atoms with Gasteiger partial charge in [-0.25, -0.2) is 0 Å². The third kappa shape index (κ3) is 4.54. The van der Waals surface area contributed by atoms with E-state index in [1.54, 1.807) is 6.92 Å². The van der Waals surface area contributed by atoms with Crippen LogP contribution in [0.15, 0.2) is 30.3 Å². The smallest absolute Gasteiger partial charge is 0.0995 e. The number of likely N-dealkylation sites (N-methyl/N-ethyl adjacent to an activating group) is 1. The molecule has 2 atom stereocenters.